The number of halogens is 2. The van der Waals surface area contributed by atoms with E-state index in [1.165, 1.54) is 0 Å². The van der Waals surface area contributed by atoms with Gasteiger partial charge in [0.2, 0.25) is 0 Å². The summed E-state index contributed by atoms with van der Waals surface area (Å²) in [4.78, 5) is 12.1. The van der Waals surface area contributed by atoms with Gasteiger partial charge in [0.25, 0.3) is 5.79 Å². The molecule has 0 aromatic heterocycles. The molecule has 0 bridgehead atoms. The number of cyclic esters (lactones) is 1. The Labute approximate surface area is 144 Å². The van der Waals surface area contributed by atoms with Gasteiger partial charge in [-0.2, -0.15) is 0 Å². The maximum atomic E-state index is 12.1. The van der Waals surface area contributed by atoms with Gasteiger partial charge in [-0.1, -0.05) is 35.4 Å². The van der Waals surface area contributed by atoms with E-state index in [1.807, 2.05) is 25.1 Å². The predicted octanol–water partition coefficient (Wildman–Crippen LogP) is 4.67. The minimum absolute atomic E-state index is 0.227. The number of aryl methyl sites for hydroxylation is 1. The Bertz CT molecular complexity index is 733. The van der Waals surface area contributed by atoms with Crippen LogP contribution in [0.4, 0.5) is 10.5 Å². The summed E-state index contributed by atoms with van der Waals surface area (Å²) in [6.45, 7) is 2.19. The average Bonchev–Trinajstić information content (AvgIpc) is 2.54. The van der Waals surface area contributed by atoms with Crippen molar-refractivity contribution in [1.82, 2.24) is 0 Å². The molecule has 3 rings (SSSR count). The number of carbonyl (C=O) groups excluding carboxylic acids is 1. The summed E-state index contributed by atoms with van der Waals surface area (Å²) in [6.07, 6.45) is -0.578. The van der Waals surface area contributed by atoms with E-state index in [-0.39, 0.29) is 12.5 Å². The first-order valence-corrected chi connectivity index (χ1v) is 8.03. The van der Waals surface area contributed by atoms with E-state index >= 15 is 0 Å². The second kappa shape index (κ2) is 6.40. The molecule has 23 heavy (non-hydrogen) atoms. The lowest BCUT2D eigenvalue weighted by atomic mass is 9.93. The van der Waals surface area contributed by atoms with Gasteiger partial charge in [0.05, 0.1) is 17.9 Å². The van der Waals surface area contributed by atoms with Gasteiger partial charge in [0.15, 0.2) is 0 Å². The van der Waals surface area contributed by atoms with Crippen LogP contribution in [0.25, 0.3) is 0 Å². The Kier molecular flexibility index (Phi) is 4.48. The van der Waals surface area contributed by atoms with E-state index in [4.69, 9.17) is 32.7 Å². The molecule has 4 nitrogen and oxygen atoms in total. The van der Waals surface area contributed by atoms with Crippen molar-refractivity contribution in [3.05, 3.63) is 64.2 Å². The number of alkyl halides is 1. The topological polar surface area (TPSA) is 47.6 Å². The number of hydrogen-bond donors (Lipinski definition) is 1. The molecule has 1 aliphatic rings. The van der Waals surface area contributed by atoms with E-state index < -0.39 is 11.9 Å². The number of ether oxygens (including phenoxy) is 2. The van der Waals surface area contributed by atoms with Crippen molar-refractivity contribution in [2.75, 3.05) is 17.8 Å². The highest BCUT2D eigenvalue weighted by molar-refractivity contribution is 6.30. The van der Waals surface area contributed by atoms with E-state index in [0.717, 1.165) is 11.1 Å². The van der Waals surface area contributed by atoms with Crippen molar-refractivity contribution in [3.63, 3.8) is 0 Å². The standard InChI is InChI=1S/C17H15Cl2NO3/c1-11-2-7-15-14(10-11)17(22-9-8-18,23-16(21)20-15)12-3-5-13(19)6-4-12/h2-7,10H,8-9H2,1H3,(H,20,21). The largest absolute Gasteiger partial charge is 0.414 e. The van der Waals surface area contributed by atoms with E-state index in [1.54, 1.807) is 24.3 Å². The Balaban J connectivity index is 2.21. The van der Waals surface area contributed by atoms with Crippen molar-refractivity contribution in [3.8, 4) is 0 Å². The third-order valence-electron chi connectivity index (χ3n) is 3.61. The third-order valence-corrected chi connectivity index (χ3v) is 4.02. The molecule has 0 aliphatic carbocycles. The molecule has 0 saturated carbocycles. The van der Waals surface area contributed by atoms with E-state index in [2.05, 4.69) is 5.32 Å². The van der Waals surface area contributed by atoms with Crippen LogP contribution in [0.2, 0.25) is 5.02 Å². The molecule has 0 spiro atoms. The number of rotatable bonds is 4. The summed E-state index contributed by atoms with van der Waals surface area (Å²) in [5, 5.41) is 3.29. The molecule has 1 amide bonds. The molecular formula is C17H15Cl2NO3. The molecule has 2 aromatic rings. The maximum absolute atomic E-state index is 12.1. The zero-order valence-corrected chi connectivity index (χ0v) is 13.9. The monoisotopic (exact) mass is 351 g/mol. The highest BCUT2D eigenvalue weighted by Gasteiger charge is 2.45. The molecule has 6 heteroatoms. The van der Waals surface area contributed by atoms with Crippen LogP contribution in [0, 0.1) is 6.92 Å². The van der Waals surface area contributed by atoms with Gasteiger partial charge >= 0.3 is 6.09 Å². The second-order valence-corrected chi connectivity index (χ2v) is 6.04. The molecule has 1 N–H and O–H groups in total. The van der Waals surface area contributed by atoms with Crippen molar-refractivity contribution in [2.24, 2.45) is 0 Å². The van der Waals surface area contributed by atoms with Gasteiger partial charge in [0, 0.05) is 16.5 Å². The average molecular weight is 352 g/mol. The van der Waals surface area contributed by atoms with Crippen molar-refractivity contribution >= 4 is 35.0 Å². The highest BCUT2D eigenvalue weighted by atomic mass is 35.5. The third kappa shape index (κ3) is 3.02. The van der Waals surface area contributed by atoms with Gasteiger partial charge in [0.1, 0.15) is 0 Å². The SMILES string of the molecule is Cc1ccc2c(c1)C(OCCCl)(c1ccc(Cl)cc1)OC(=O)N2. The molecule has 1 unspecified atom stereocenters. The van der Waals surface area contributed by atoms with Crippen molar-refractivity contribution in [2.45, 2.75) is 12.7 Å². The number of hydrogen-bond acceptors (Lipinski definition) is 3. The van der Waals surface area contributed by atoms with Crippen molar-refractivity contribution < 1.29 is 14.3 Å². The zero-order valence-electron chi connectivity index (χ0n) is 12.4. The lowest BCUT2D eigenvalue weighted by molar-refractivity contribution is -0.176. The van der Waals surface area contributed by atoms with Crippen LogP contribution < -0.4 is 5.32 Å². The highest BCUT2D eigenvalue weighted by Crippen LogP contribution is 2.43. The van der Waals surface area contributed by atoms with Gasteiger partial charge in [-0.25, -0.2) is 4.79 Å². The van der Waals surface area contributed by atoms with Crippen LogP contribution in [0.1, 0.15) is 16.7 Å². The number of benzene rings is 2. The normalized spacial score (nSPS) is 19.7. The molecule has 2 aromatic carbocycles. The summed E-state index contributed by atoms with van der Waals surface area (Å²) in [6, 6.07) is 12.7. The summed E-state index contributed by atoms with van der Waals surface area (Å²) in [5.74, 6) is -1.06. The second-order valence-electron chi connectivity index (χ2n) is 5.22. The fourth-order valence-corrected chi connectivity index (χ4v) is 2.82. The molecule has 0 fully saturated rings. The van der Waals surface area contributed by atoms with Crippen LogP contribution in [-0.4, -0.2) is 18.6 Å². The fraction of sp³-hybridized carbons (Fsp3) is 0.235. The molecule has 1 atom stereocenters. The lowest BCUT2D eigenvalue weighted by Gasteiger charge is -2.38. The summed E-state index contributed by atoms with van der Waals surface area (Å²) in [5.41, 5.74) is 3.07. The number of anilines is 1. The Morgan fingerprint density at radius 2 is 1.96 bits per heavy atom. The van der Waals surface area contributed by atoms with Crippen LogP contribution in [0.3, 0.4) is 0 Å². The molecule has 1 heterocycles. The van der Waals surface area contributed by atoms with Crippen LogP contribution in [0.5, 0.6) is 0 Å². The van der Waals surface area contributed by atoms with Gasteiger partial charge in [-0.3, -0.25) is 5.32 Å². The molecule has 0 saturated heterocycles. The van der Waals surface area contributed by atoms with E-state index in [9.17, 15) is 4.79 Å². The number of amides is 1. The first-order valence-electron chi connectivity index (χ1n) is 7.12. The smallest absolute Gasteiger partial charge is 0.408 e. The van der Waals surface area contributed by atoms with Crippen molar-refractivity contribution in [1.29, 1.82) is 0 Å². The first kappa shape index (κ1) is 16.1. The first-order chi connectivity index (χ1) is 11.0. The predicted molar refractivity (Wildman–Crippen MR) is 90.2 cm³/mol. The quantitative estimate of drug-likeness (QED) is 0.814. The summed E-state index contributed by atoms with van der Waals surface area (Å²) in [7, 11) is 0. The summed E-state index contributed by atoms with van der Waals surface area (Å²) >= 11 is 11.8. The number of carbonyl (C=O) groups is 1. The maximum Gasteiger partial charge on any atom is 0.414 e. The molecular weight excluding hydrogens is 337 g/mol. The Morgan fingerprint density at radius 1 is 1.22 bits per heavy atom. The summed E-state index contributed by atoms with van der Waals surface area (Å²) < 4.78 is 11.5. The fourth-order valence-electron chi connectivity index (χ4n) is 2.62. The molecule has 0 radical (unpaired) electrons. The van der Waals surface area contributed by atoms with Crippen LogP contribution >= 0.6 is 23.2 Å². The van der Waals surface area contributed by atoms with Gasteiger partial charge in [-0.15, -0.1) is 11.6 Å². The minimum Gasteiger partial charge on any atom is -0.408 e. The number of fused-ring (bicyclic) bond motifs is 1. The zero-order chi connectivity index (χ0) is 16.4. The molecule has 120 valence electrons. The van der Waals surface area contributed by atoms with Gasteiger partial charge in [-0.05, 0) is 31.2 Å². The Morgan fingerprint density at radius 3 is 2.65 bits per heavy atom. The van der Waals surface area contributed by atoms with Crippen LogP contribution in [-0.2, 0) is 15.3 Å². The molecule has 1 aliphatic heterocycles. The number of nitrogens with one attached hydrogen (secondary N) is 1. The minimum atomic E-state index is -1.34. The van der Waals surface area contributed by atoms with E-state index in [0.29, 0.717) is 16.3 Å². The Hall–Kier alpha value is -1.75. The lowest BCUT2D eigenvalue weighted by Crippen LogP contribution is -2.43. The van der Waals surface area contributed by atoms with Crippen LogP contribution in [0.15, 0.2) is 42.5 Å². The van der Waals surface area contributed by atoms with Gasteiger partial charge < -0.3 is 9.47 Å².